The molecule has 0 bridgehead atoms. The number of aromatic nitrogens is 3. The van der Waals surface area contributed by atoms with Gasteiger partial charge in [-0.1, -0.05) is 28.9 Å². The van der Waals surface area contributed by atoms with Crippen molar-refractivity contribution in [3.8, 4) is 5.75 Å². The minimum atomic E-state index is -1.09. The van der Waals surface area contributed by atoms with Crippen LogP contribution in [0.25, 0.3) is 0 Å². The molecule has 0 saturated carbocycles. The van der Waals surface area contributed by atoms with Gasteiger partial charge >= 0.3 is 5.97 Å². The maximum atomic E-state index is 10.8. The maximum Gasteiger partial charge on any atom is 0.358 e. The van der Waals surface area contributed by atoms with Crippen molar-refractivity contribution >= 4 is 17.6 Å². The molecule has 0 spiro atoms. The quantitative estimate of drug-likeness (QED) is 0.907. The molecule has 0 unspecified atom stereocenters. The molecule has 2 aromatic rings. The Balaban J connectivity index is 1.97. The normalized spacial score (nSPS) is 10.4. The van der Waals surface area contributed by atoms with Crippen LogP contribution < -0.4 is 4.74 Å². The van der Waals surface area contributed by atoms with Crippen molar-refractivity contribution in [2.24, 2.45) is 0 Å². The van der Waals surface area contributed by atoms with Crippen LogP contribution in [0.2, 0.25) is 5.02 Å². The molecule has 7 heteroatoms. The monoisotopic (exact) mass is 281 g/mol. The van der Waals surface area contributed by atoms with Gasteiger partial charge in [-0.15, -0.1) is 5.10 Å². The molecule has 1 N–H and O–H groups in total. The SMILES string of the molecule is Cc1c(C(=O)O)nnn1CCOc1ccccc1Cl. The number of nitrogens with zero attached hydrogens (tertiary/aromatic N) is 3. The highest BCUT2D eigenvalue weighted by Gasteiger charge is 2.14. The Labute approximate surface area is 114 Å². The predicted molar refractivity (Wildman–Crippen MR) is 68.7 cm³/mol. The summed E-state index contributed by atoms with van der Waals surface area (Å²) in [6.07, 6.45) is 0. The van der Waals surface area contributed by atoms with E-state index in [2.05, 4.69) is 10.3 Å². The lowest BCUT2D eigenvalue weighted by Gasteiger charge is -2.08. The number of para-hydroxylation sites is 1. The first-order valence-electron chi connectivity index (χ1n) is 5.60. The van der Waals surface area contributed by atoms with E-state index in [0.29, 0.717) is 29.6 Å². The highest BCUT2D eigenvalue weighted by atomic mass is 35.5. The second-order valence-electron chi connectivity index (χ2n) is 3.83. The molecule has 2 rings (SSSR count). The van der Waals surface area contributed by atoms with E-state index in [1.54, 1.807) is 19.1 Å². The first-order valence-corrected chi connectivity index (χ1v) is 5.98. The first-order chi connectivity index (χ1) is 9.09. The smallest absolute Gasteiger partial charge is 0.358 e. The average molecular weight is 282 g/mol. The fourth-order valence-electron chi connectivity index (χ4n) is 1.57. The summed E-state index contributed by atoms with van der Waals surface area (Å²) in [7, 11) is 0. The number of hydrogen-bond acceptors (Lipinski definition) is 4. The number of carboxylic acid groups (broad SMARTS) is 1. The zero-order valence-electron chi connectivity index (χ0n) is 10.2. The van der Waals surface area contributed by atoms with E-state index in [-0.39, 0.29) is 5.69 Å². The number of benzene rings is 1. The minimum Gasteiger partial charge on any atom is -0.490 e. The van der Waals surface area contributed by atoms with Gasteiger partial charge in [0.05, 0.1) is 17.3 Å². The summed E-state index contributed by atoms with van der Waals surface area (Å²) in [6.45, 7) is 2.38. The predicted octanol–water partition coefficient (Wildman–Crippen LogP) is 2.02. The van der Waals surface area contributed by atoms with Crippen molar-refractivity contribution in [1.82, 2.24) is 15.0 Å². The second kappa shape index (κ2) is 5.71. The molecule has 1 heterocycles. The number of carbonyl (C=O) groups is 1. The van der Waals surface area contributed by atoms with E-state index in [1.165, 1.54) is 4.68 Å². The molecule has 0 atom stereocenters. The molecule has 0 fully saturated rings. The molecule has 0 amide bonds. The Morgan fingerprint density at radius 2 is 2.21 bits per heavy atom. The second-order valence-corrected chi connectivity index (χ2v) is 4.24. The van der Waals surface area contributed by atoms with Gasteiger partial charge in [0.25, 0.3) is 0 Å². The molecule has 100 valence electrons. The highest BCUT2D eigenvalue weighted by Crippen LogP contribution is 2.22. The summed E-state index contributed by atoms with van der Waals surface area (Å²) in [6, 6.07) is 7.14. The van der Waals surface area contributed by atoms with Crippen molar-refractivity contribution in [3.05, 3.63) is 40.7 Å². The summed E-state index contributed by atoms with van der Waals surface area (Å²) in [5.74, 6) is -0.504. The van der Waals surface area contributed by atoms with Crippen LogP contribution in [0.5, 0.6) is 5.75 Å². The Hall–Kier alpha value is -2.08. The lowest BCUT2D eigenvalue weighted by atomic mass is 10.3. The van der Waals surface area contributed by atoms with Crippen LogP contribution in [-0.2, 0) is 6.54 Å². The number of hydrogen-bond donors (Lipinski definition) is 1. The molecular formula is C12H12ClN3O3. The summed E-state index contributed by atoms with van der Waals surface area (Å²) < 4.78 is 6.98. The lowest BCUT2D eigenvalue weighted by molar-refractivity contribution is 0.0689. The average Bonchev–Trinajstić information content (AvgIpc) is 2.74. The van der Waals surface area contributed by atoms with Crippen LogP contribution in [0.1, 0.15) is 16.2 Å². The molecule has 0 aliphatic carbocycles. The number of aromatic carboxylic acids is 1. The van der Waals surface area contributed by atoms with Crippen LogP contribution >= 0.6 is 11.6 Å². The van der Waals surface area contributed by atoms with E-state index in [4.69, 9.17) is 21.4 Å². The Morgan fingerprint density at radius 3 is 2.84 bits per heavy atom. The Morgan fingerprint density at radius 1 is 1.47 bits per heavy atom. The van der Waals surface area contributed by atoms with Crippen LogP contribution in [-0.4, -0.2) is 32.7 Å². The molecular weight excluding hydrogens is 270 g/mol. The van der Waals surface area contributed by atoms with Gasteiger partial charge in [0.1, 0.15) is 12.4 Å². The van der Waals surface area contributed by atoms with Gasteiger partial charge in [-0.2, -0.15) is 0 Å². The summed E-state index contributed by atoms with van der Waals surface area (Å²) in [4.78, 5) is 10.8. The van der Waals surface area contributed by atoms with Crippen molar-refractivity contribution < 1.29 is 14.6 Å². The number of halogens is 1. The van der Waals surface area contributed by atoms with Gasteiger partial charge < -0.3 is 9.84 Å². The van der Waals surface area contributed by atoms with E-state index in [9.17, 15) is 4.79 Å². The summed E-state index contributed by atoms with van der Waals surface area (Å²) in [5.41, 5.74) is 0.452. The van der Waals surface area contributed by atoms with Gasteiger partial charge in [0.15, 0.2) is 5.69 Å². The van der Waals surface area contributed by atoms with Crippen molar-refractivity contribution in [2.45, 2.75) is 13.5 Å². The summed E-state index contributed by atoms with van der Waals surface area (Å²) >= 11 is 5.95. The largest absolute Gasteiger partial charge is 0.490 e. The van der Waals surface area contributed by atoms with Crippen molar-refractivity contribution in [3.63, 3.8) is 0 Å². The van der Waals surface area contributed by atoms with Crippen molar-refractivity contribution in [1.29, 1.82) is 0 Å². The van der Waals surface area contributed by atoms with Crippen LogP contribution in [0, 0.1) is 6.92 Å². The molecule has 1 aromatic heterocycles. The zero-order chi connectivity index (χ0) is 13.8. The van der Waals surface area contributed by atoms with E-state index < -0.39 is 5.97 Å². The van der Waals surface area contributed by atoms with Crippen LogP contribution in [0.15, 0.2) is 24.3 Å². The van der Waals surface area contributed by atoms with Gasteiger partial charge in [-0.05, 0) is 19.1 Å². The third-order valence-electron chi connectivity index (χ3n) is 2.58. The fourth-order valence-corrected chi connectivity index (χ4v) is 1.76. The number of carboxylic acids is 1. The van der Waals surface area contributed by atoms with Gasteiger partial charge in [-0.3, -0.25) is 0 Å². The molecule has 0 aliphatic rings. The third kappa shape index (κ3) is 3.03. The highest BCUT2D eigenvalue weighted by molar-refractivity contribution is 6.32. The minimum absolute atomic E-state index is 0.0438. The zero-order valence-corrected chi connectivity index (χ0v) is 11.0. The Kier molecular flexibility index (Phi) is 4.01. The van der Waals surface area contributed by atoms with E-state index in [0.717, 1.165) is 0 Å². The third-order valence-corrected chi connectivity index (χ3v) is 2.89. The number of rotatable bonds is 5. The first kappa shape index (κ1) is 13.4. The van der Waals surface area contributed by atoms with E-state index >= 15 is 0 Å². The van der Waals surface area contributed by atoms with Gasteiger partial charge in [0.2, 0.25) is 0 Å². The van der Waals surface area contributed by atoms with Crippen LogP contribution in [0.4, 0.5) is 0 Å². The molecule has 19 heavy (non-hydrogen) atoms. The standard InChI is InChI=1S/C12H12ClN3O3/c1-8-11(12(17)18)14-15-16(8)6-7-19-10-5-3-2-4-9(10)13/h2-5H,6-7H2,1H3,(H,17,18). The summed E-state index contributed by atoms with van der Waals surface area (Å²) in [5, 5.41) is 16.7. The van der Waals surface area contributed by atoms with Gasteiger partial charge in [0, 0.05) is 0 Å². The van der Waals surface area contributed by atoms with Gasteiger partial charge in [-0.25, -0.2) is 9.48 Å². The topological polar surface area (TPSA) is 77.2 Å². The Bertz CT molecular complexity index is 598. The van der Waals surface area contributed by atoms with Crippen LogP contribution in [0.3, 0.4) is 0 Å². The fraction of sp³-hybridized carbons (Fsp3) is 0.250. The number of ether oxygens (including phenoxy) is 1. The molecule has 0 aliphatic heterocycles. The molecule has 0 saturated heterocycles. The van der Waals surface area contributed by atoms with Crippen molar-refractivity contribution in [2.75, 3.05) is 6.61 Å². The molecule has 0 radical (unpaired) electrons. The van der Waals surface area contributed by atoms with E-state index in [1.807, 2.05) is 12.1 Å². The molecule has 1 aromatic carbocycles. The lowest BCUT2D eigenvalue weighted by Crippen LogP contribution is -2.11. The maximum absolute atomic E-state index is 10.8. The molecule has 6 nitrogen and oxygen atoms in total.